The largest absolute Gasteiger partial charge is 0.417 e. The minimum atomic E-state index is -4.74. The summed E-state index contributed by atoms with van der Waals surface area (Å²) in [5.74, 6) is -0.544. The van der Waals surface area contributed by atoms with Crippen LogP contribution < -0.4 is 10.2 Å². The Hall–Kier alpha value is -3.11. The van der Waals surface area contributed by atoms with Crippen LogP contribution >= 0.6 is 0 Å². The van der Waals surface area contributed by atoms with Crippen LogP contribution in [0.3, 0.4) is 0 Å². The number of anilines is 1. The topological polar surface area (TPSA) is 120 Å². The molecule has 1 aliphatic rings. The number of aryl methyl sites for hydroxylation is 2. The summed E-state index contributed by atoms with van der Waals surface area (Å²) < 4.78 is 72.6. The maximum atomic E-state index is 13.4. The second-order valence-electron chi connectivity index (χ2n) is 7.18. The molecule has 0 aliphatic carbocycles. The highest BCUT2D eigenvalue weighted by Gasteiger charge is 2.42. The normalized spacial score (nSPS) is 17.8. The molecular weight excluding hydrogens is 451 g/mol. The average Bonchev–Trinajstić information content (AvgIpc) is 3.10. The summed E-state index contributed by atoms with van der Waals surface area (Å²) in [5.41, 5.74) is -1.36. The number of nitriles is 1. The highest BCUT2D eigenvalue weighted by Crippen LogP contribution is 2.35. The summed E-state index contributed by atoms with van der Waals surface area (Å²) in [4.78, 5) is 13.9. The Bertz CT molecular complexity index is 1170. The van der Waals surface area contributed by atoms with Crippen LogP contribution in [0.5, 0.6) is 0 Å². The second kappa shape index (κ2) is 8.44. The maximum absolute atomic E-state index is 13.4. The molecule has 0 spiro atoms. The average molecular weight is 471 g/mol. The van der Waals surface area contributed by atoms with E-state index >= 15 is 0 Å². The standard InChI is InChI=1S/C19H20F3N5O4S/c1-11-17(12(2)31-25-11)32(29,30)27-7-6-26(10-16(27)18(28)24-3)14-5-4-13(9-23)15(8-14)19(20,21)22/h4-5,8,16H,6-7,10H2,1-3H3,(H,24,28). The number of aromatic nitrogens is 1. The third kappa shape index (κ3) is 4.15. The predicted molar refractivity (Wildman–Crippen MR) is 106 cm³/mol. The van der Waals surface area contributed by atoms with Crippen LogP contribution in [0, 0.1) is 25.2 Å². The van der Waals surface area contributed by atoms with E-state index in [1.54, 1.807) is 0 Å². The fourth-order valence-corrected chi connectivity index (χ4v) is 5.55. The van der Waals surface area contributed by atoms with Gasteiger partial charge in [-0.1, -0.05) is 5.16 Å². The fraction of sp³-hybridized carbons (Fsp3) is 0.421. The zero-order chi connectivity index (χ0) is 23.8. The first-order valence-corrected chi connectivity index (χ1v) is 10.9. The molecule has 1 N–H and O–H groups in total. The number of rotatable bonds is 4. The number of likely N-dealkylation sites (N-methyl/N-ethyl adjacent to an activating group) is 1. The van der Waals surface area contributed by atoms with E-state index in [0.29, 0.717) is 0 Å². The Morgan fingerprint density at radius 1 is 1.31 bits per heavy atom. The molecule has 13 heteroatoms. The lowest BCUT2D eigenvalue weighted by atomic mass is 10.1. The van der Waals surface area contributed by atoms with E-state index in [9.17, 15) is 26.4 Å². The number of hydrogen-bond acceptors (Lipinski definition) is 7. The SMILES string of the molecule is CNC(=O)C1CN(c2ccc(C#N)c(C(F)(F)F)c2)CCN1S(=O)(=O)c1c(C)noc1C. The molecule has 1 fully saturated rings. The minimum Gasteiger partial charge on any atom is -0.368 e. The van der Waals surface area contributed by atoms with Crippen molar-refractivity contribution >= 4 is 21.6 Å². The molecule has 0 bridgehead atoms. The van der Waals surface area contributed by atoms with Crippen molar-refractivity contribution in [2.45, 2.75) is 31.0 Å². The van der Waals surface area contributed by atoms with Crippen LogP contribution in [0.2, 0.25) is 0 Å². The van der Waals surface area contributed by atoms with Gasteiger partial charge in [0.15, 0.2) is 5.76 Å². The highest BCUT2D eigenvalue weighted by atomic mass is 32.2. The minimum absolute atomic E-state index is 0.0271. The van der Waals surface area contributed by atoms with Crippen molar-refractivity contribution in [1.29, 1.82) is 5.26 Å². The third-order valence-electron chi connectivity index (χ3n) is 5.21. The van der Waals surface area contributed by atoms with Crippen LogP contribution in [0.25, 0.3) is 0 Å². The quantitative estimate of drug-likeness (QED) is 0.722. The molecule has 1 atom stereocenters. The summed E-state index contributed by atoms with van der Waals surface area (Å²) >= 11 is 0. The summed E-state index contributed by atoms with van der Waals surface area (Å²) in [6, 6.07) is 3.53. The smallest absolute Gasteiger partial charge is 0.368 e. The van der Waals surface area contributed by atoms with Gasteiger partial charge in [-0.25, -0.2) is 8.42 Å². The molecule has 3 rings (SSSR count). The zero-order valence-electron chi connectivity index (χ0n) is 17.4. The monoisotopic (exact) mass is 471 g/mol. The summed E-state index contributed by atoms with van der Waals surface area (Å²) in [6.07, 6.45) is -4.74. The number of halogens is 3. The number of sulfonamides is 1. The van der Waals surface area contributed by atoms with Gasteiger partial charge in [0.1, 0.15) is 16.6 Å². The molecule has 1 aliphatic heterocycles. The number of carbonyl (C=O) groups excluding carboxylic acids is 1. The van der Waals surface area contributed by atoms with E-state index in [1.807, 2.05) is 0 Å². The van der Waals surface area contributed by atoms with E-state index in [1.165, 1.54) is 37.9 Å². The number of alkyl halides is 3. The lowest BCUT2D eigenvalue weighted by Crippen LogP contribution is -2.60. The van der Waals surface area contributed by atoms with Gasteiger partial charge in [-0.05, 0) is 32.0 Å². The van der Waals surface area contributed by atoms with E-state index in [-0.39, 0.29) is 41.7 Å². The van der Waals surface area contributed by atoms with Gasteiger partial charge in [-0.15, -0.1) is 0 Å². The van der Waals surface area contributed by atoms with Crippen LogP contribution in [-0.2, 0) is 21.0 Å². The Morgan fingerprint density at radius 3 is 2.53 bits per heavy atom. The highest BCUT2D eigenvalue weighted by molar-refractivity contribution is 7.89. The second-order valence-corrected chi connectivity index (χ2v) is 9.01. The molecule has 32 heavy (non-hydrogen) atoms. The van der Waals surface area contributed by atoms with E-state index in [0.717, 1.165) is 16.4 Å². The first-order valence-electron chi connectivity index (χ1n) is 9.44. The van der Waals surface area contributed by atoms with Crippen molar-refractivity contribution in [1.82, 2.24) is 14.8 Å². The first kappa shape index (κ1) is 23.6. The number of nitrogens with zero attached hydrogens (tertiary/aromatic N) is 4. The number of benzene rings is 1. The molecule has 9 nitrogen and oxygen atoms in total. The number of hydrogen-bond donors (Lipinski definition) is 1. The molecule has 1 unspecified atom stereocenters. The molecule has 2 aromatic rings. The van der Waals surface area contributed by atoms with Gasteiger partial charge in [0.05, 0.1) is 17.2 Å². The van der Waals surface area contributed by atoms with Crippen molar-refractivity contribution in [3.8, 4) is 6.07 Å². The lowest BCUT2D eigenvalue weighted by molar-refractivity contribution is -0.137. The van der Waals surface area contributed by atoms with Crippen molar-refractivity contribution in [3.05, 3.63) is 40.8 Å². The van der Waals surface area contributed by atoms with Crippen LogP contribution in [0.15, 0.2) is 27.6 Å². The predicted octanol–water partition coefficient (Wildman–Crippen LogP) is 1.81. The molecule has 172 valence electrons. The Balaban J connectivity index is 1.99. The molecule has 0 saturated carbocycles. The van der Waals surface area contributed by atoms with E-state index < -0.39 is 39.3 Å². The zero-order valence-corrected chi connectivity index (χ0v) is 18.2. The van der Waals surface area contributed by atoms with Gasteiger partial charge in [0.2, 0.25) is 15.9 Å². The van der Waals surface area contributed by atoms with Crippen molar-refractivity contribution < 1.29 is 30.9 Å². The molecule has 0 radical (unpaired) electrons. The van der Waals surface area contributed by atoms with E-state index in [4.69, 9.17) is 9.78 Å². The van der Waals surface area contributed by atoms with Crippen LogP contribution in [0.4, 0.5) is 18.9 Å². The third-order valence-corrected chi connectivity index (χ3v) is 7.36. The molecule has 2 heterocycles. The van der Waals surface area contributed by atoms with Crippen molar-refractivity contribution in [3.63, 3.8) is 0 Å². The summed E-state index contributed by atoms with van der Waals surface area (Å²) in [6.45, 7) is 2.58. The molecule has 1 saturated heterocycles. The van der Waals surface area contributed by atoms with Crippen LogP contribution in [-0.4, -0.2) is 56.5 Å². The molecule has 1 aromatic carbocycles. The number of nitrogens with one attached hydrogen (secondary N) is 1. The Kier molecular flexibility index (Phi) is 6.21. The number of amides is 1. The van der Waals surface area contributed by atoms with Gasteiger partial charge in [0, 0.05) is 32.4 Å². The van der Waals surface area contributed by atoms with Gasteiger partial charge in [-0.2, -0.15) is 22.7 Å². The summed E-state index contributed by atoms with van der Waals surface area (Å²) in [5, 5.41) is 15.0. The van der Waals surface area contributed by atoms with Crippen LogP contribution in [0.1, 0.15) is 22.6 Å². The maximum Gasteiger partial charge on any atom is 0.417 e. The first-order chi connectivity index (χ1) is 14.9. The Morgan fingerprint density at radius 2 is 2.00 bits per heavy atom. The fourth-order valence-electron chi connectivity index (χ4n) is 3.69. The van der Waals surface area contributed by atoms with Crippen molar-refractivity contribution in [2.24, 2.45) is 0 Å². The molecule has 1 aromatic heterocycles. The van der Waals surface area contributed by atoms with Gasteiger partial charge < -0.3 is 14.7 Å². The molecule has 1 amide bonds. The van der Waals surface area contributed by atoms with E-state index in [2.05, 4.69) is 10.5 Å². The lowest BCUT2D eigenvalue weighted by Gasteiger charge is -2.40. The number of carbonyl (C=O) groups is 1. The number of piperazine rings is 1. The van der Waals surface area contributed by atoms with Gasteiger partial charge >= 0.3 is 6.18 Å². The van der Waals surface area contributed by atoms with Crippen molar-refractivity contribution in [2.75, 3.05) is 31.6 Å². The Labute approximate surface area is 182 Å². The molecular formula is C19H20F3N5O4S. The summed E-state index contributed by atoms with van der Waals surface area (Å²) in [7, 11) is -2.83. The van der Waals surface area contributed by atoms with Gasteiger partial charge in [-0.3, -0.25) is 4.79 Å². The van der Waals surface area contributed by atoms with Gasteiger partial charge in [0.25, 0.3) is 0 Å².